The van der Waals surface area contributed by atoms with Crippen LogP contribution in [-0.2, 0) is 13.1 Å². The lowest BCUT2D eigenvalue weighted by atomic mass is 10.1. The maximum atomic E-state index is 13.2. The van der Waals surface area contributed by atoms with Crippen LogP contribution >= 0.6 is 0 Å². The predicted molar refractivity (Wildman–Crippen MR) is 83.2 cm³/mol. The van der Waals surface area contributed by atoms with E-state index < -0.39 is 0 Å². The van der Waals surface area contributed by atoms with Crippen molar-refractivity contribution in [2.75, 3.05) is 7.11 Å². The Balaban J connectivity index is 1.78. The average molecular weight is 302 g/mol. The van der Waals surface area contributed by atoms with Gasteiger partial charge < -0.3 is 15.4 Å². The van der Waals surface area contributed by atoms with E-state index in [9.17, 15) is 9.18 Å². The summed E-state index contributed by atoms with van der Waals surface area (Å²) >= 11 is 0. The van der Waals surface area contributed by atoms with Crippen LogP contribution < -0.4 is 15.4 Å². The summed E-state index contributed by atoms with van der Waals surface area (Å²) in [5.74, 6) is 0.535. The lowest BCUT2D eigenvalue weighted by Crippen LogP contribution is -2.34. The van der Waals surface area contributed by atoms with Gasteiger partial charge in [0.05, 0.1) is 7.11 Å². The van der Waals surface area contributed by atoms with Crippen molar-refractivity contribution in [2.24, 2.45) is 0 Å². The fourth-order valence-electron chi connectivity index (χ4n) is 1.99. The van der Waals surface area contributed by atoms with Crippen LogP contribution in [0.3, 0.4) is 0 Å². The van der Waals surface area contributed by atoms with E-state index in [0.717, 1.165) is 16.9 Å². The summed E-state index contributed by atoms with van der Waals surface area (Å²) in [7, 11) is 1.61. The highest BCUT2D eigenvalue weighted by Crippen LogP contribution is 2.11. The molecule has 0 heterocycles. The molecule has 0 aliphatic rings. The van der Waals surface area contributed by atoms with Gasteiger partial charge in [-0.3, -0.25) is 0 Å². The molecule has 0 saturated heterocycles. The van der Waals surface area contributed by atoms with Gasteiger partial charge in [0.1, 0.15) is 11.6 Å². The molecule has 2 rings (SSSR count). The second kappa shape index (κ2) is 7.45. The van der Waals surface area contributed by atoms with E-state index in [2.05, 4.69) is 10.6 Å². The van der Waals surface area contributed by atoms with Gasteiger partial charge in [-0.05, 0) is 41.8 Å². The second-order valence-electron chi connectivity index (χ2n) is 4.97. The van der Waals surface area contributed by atoms with Gasteiger partial charge in [-0.2, -0.15) is 0 Å². The number of hydrogen-bond acceptors (Lipinski definition) is 2. The van der Waals surface area contributed by atoms with Crippen molar-refractivity contribution in [1.82, 2.24) is 10.6 Å². The SMILES string of the molecule is COc1ccc(CNC(=O)NCc2ccc(F)c(C)c2)cc1. The zero-order valence-electron chi connectivity index (χ0n) is 12.7. The van der Waals surface area contributed by atoms with Crippen LogP contribution in [0.5, 0.6) is 5.75 Å². The van der Waals surface area contributed by atoms with Gasteiger partial charge >= 0.3 is 6.03 Å². The van der Waals surface area contributed by atoms with Crippen molar-refractivity contribution in [3.63, 3.8) is 0 Å². The number of rotatable bonds is 5. The van der Waals surface area contributed by atoms with Crippen molar-refractivity contribution in [2.45, 2.75) is 20.0 Å². The number of carbonyl (C=O) groups is 1. The van der Waals surface area contributed by atoms with Crippen LogP contribution in [0.1, 0.15) is 16.7 Å². The van der Waals surface area contributed by atoms with Crippen molar-refractivity contribution in [3.05, 3.63) is 65.0 Å². The van der Waals surface area contributed by atoms with Gasteiger partial charge in [-0.25, -0.2) is 9.18 Å². The molecule has 2 amide bonds. The Kier molecular flexibility index (Phi) is 5.36. The Morgan fingerprint density at radius 2 is 1.64 bits per heavy atom. The van der Waals surface area contributed by atoms with Crippen LogP contribution in [0.4, 0.5) is 9.18 Å². The van der Waals surface area contributed by atoms with Crippen LogP contribution in [0.25, 0.3) is 0 Å². The van der Waals surface area contributed by atoms with Crippen LogP contribution in [0, 0.1) is 12.7 Å². The Morgan fingerprint density at radius 3 is 2.23 bits per heavy atom. The third-order valence-electron chi connectivity index (χ3n) is 3.29. The van der Waals surface area contributed by atoms with E-state index in [1.165, 1.54) is 6.07 Å². The van der Waals surface area contributed by atoms with Crippen LogP contribution in [0.2, 0.25) is 0 Å². The van der Waals surface area contributed by atoms with Crippen molar-refractivity contribution in [1.29, 1.82) is 0 Å². The van der Waals surface area contributed by atoms with E-state index in [1.54, 1.807) is 26.2 Å². The summed E-state index contributed by atoms with van der Waals surface area (Å²) in [4.78, 5) is 11.7. The quantitative estimate of drug-likeness (QED) is 0.891. The topological polar surface area (TPSA) is 50.4 Å². The Bertz CT molecular complexity index is 642. The maximum absolute atomic E-state index is 13.2. The standard InChI is InChI=1S/C17H19FN2O2/c1-12-9-14(5-8-16(12)18)11-20-17(21)19-10-13-3-6-15(22-2)7-4-13/h3-9H,10-11H2,1-2H3,(H2,19,20,21). The molecule has 22 heavy (non-hydrogen) atoms. The molecule has 2 N–H and O–H groups in total. The first kappa shape index (κ1) is 15.8. The predicted octanol–water partition coefficient (Wildman–Crippen LogP) is 3.14. The van der Waals surface area contributed by atoms with E-state index >= 15 is 0 Å². The number of ether oxygens (including phenoxy) is 1. The molecular formula is C17H19FN2O2. The highest BCUT2D eigenvalue weighted by molar-refractivity contribution is 5.73. The summed E-state index contributed by atoms with van der Waals surface area (Å²) < 4.78 is 18.2. The number of carbonyl (C=O) groups excluding carboxylic acids is 1. The van der Waals surface area contributed by atoms with E-state index in [4.69, 9.17) is 4.74 Å². The third kappa shape index (κ3) is 4.48. The number of amides is 2. The maximum Gasteiger partial charge on any atom is 0.315 e. The van der Waals surface area contributed by atoms with E-state index in [-0.39, 0.29) is 11.8 Å². The molecule has 2 aromatic carbocycles. The molecular weight excluding hydrogens is 283 g/mol. The normalized spacial score (nSPS) is 10.1. The van der Waals surface area contributed by atoms with Gasteiger partial charge in [0.25, 0.3) is 0 Å². The highest BCUT2D eigenvalue weighted by Gasteiger charge is 2.03. The Hall–Kier alpha value is -2.56. The second-order valence-corrected chi connectivity index (χ2v) is 4.97. The highest BCUT2D eigenvalue weighted by atomic mass is 19.1. The average Bonchev–Trinajstić information content (AvgIpc) is 2.54. The minimum atomic E-state index is -0.266. The monoisotopic (exact) mass is 302 g/mol. The fourth-order valence-corrected chi connectivity index (χ4v) is 1.99. The summed E-state index contributed by atoms with van der Waals surface area (Å²) in [6.07, 6.45) is 0. The molecule has 5 heteroatoms. The number of hydrogen-bond donors (Lipinski definition) is 2. The molecule has 116 valence electrons. The van der Waals surface area contributed by atoms with Gasteiger partial charge in [-0.15, -0.1) is 0 Å². The van der Waals surface area contributed by atoms with Crippen LogP contribution in [-0.4, -0.2) is 13.1 Å². The molecule has 0 spiro atoms. The number of aryl methyl sites for hydroxylation is 1. The number of urea groups is 1. The number of benzene rings is 2. The van der Waals surface area contributed by atoms with E-state index in [1.807, 2.05) is 24.3 Å². The summed E-state index contributed by atoms with van der Waals surface area (Å²) in [5, 5.41) is 5.51. The van der Waals surface area contributed by atoms with Gasteiger partial charge in [-0.1, -0.05) is 24.3 Å². The summed E-state index contributed by atoms with van der Waals surface area (Å²) in [6.45, 7) is 2.48. The minimum absolute atomic E-state index is 0.243. The molecule has 0 saturated carbocycles. The first-order chi connectivity index (χ1) is 10.6. The molecule has 0 fully saturated rings. The molecule has 4 nitrogen and oxygen atoms in total. The minimum Gasteiger partial charge on any atom is -0.497 e. The van der Waals surface area contributed by atoms with Gasteiger partial charge in [0, 0.05) is 13.1 Å². The number of methoxy groups -OCH3 is 1. The molecule has 2 aromatic rings. The molecule has 0 aliphatic heterocycles. The molecule has 0 aromatic heterocycles. The van der Waals surface area contributed by atoms with Crippen molar-refractivity contribution in [3.8, 4) is 5.75 Å². The molecule has 0 aliphatic carbocycles. The van der Waals surface area contributed by atoms with Gasteiger partial charge in [0.15, 0.2) is 0 Å². The third-order valence-corrected chi connectivity index (χ3v) is 3.29. The van der Waals surface area contributed by atoms with Crippen molar-refractivity contribution < 1.29 is 13.9 Å². The van der Waals surface area contributed by atoms with Gasteiger partial charge in [0.2, 0.25) is 0 Å². The first-order valence-electron chi connectivity index (χ1n) is 6.98. The largest absolute Gasteiger partial charge is 0.497 e. The molecule has 0 radical (unpaired) electrons. The zero-order valence-corrected chi connectivity index (χ0v) is 12.7. The Labute approximate surface area is 129 Å². The van der Waals surface area contributed by atoms with E-state index in [0.29, 0.717) is 18.7 Å². The molecule has 0 bridgehead atoms. The number of halogens is 1. The smallest absolute Gasteiger partial charge is 0.315 e. The van der Waals surface area contributed by atoms with Crippen molar-refractivity contribution >= 4 is 6.03 Å². The summed E-state index contributed by atoms with van der Waals surface area (Å²) in [6, 6.07) is 12.0. The number of nitrogens with one attached hydrogen (secondary N) is 2. The zero-order chi connectivity index (χ0) is 15.9. The van der Waals surface area contributed by atoms with Crippen LogP contribution in [0.15, 0.2) is 42.5 Å². The Morgan fingerprint density at radius 1 is 1.05 bits per heavy atom. The lowest BCUT2D eigenvalue weighted by molar-refractivity contribution is 0.240. The molecule has 0 unspecified atom stereocenters. The lowest BCUT2D eigenvalue weighted by Gasteiger charge is -2.09. The molecule has 0 atom stereocenters. The first-order valence-corrected chi connectivity index (χ1v) is 6.98. The fraction of sp³-hybridized carbons (Fsp3) is 0.235. The summed E-state index contributed by atoms with van der Waals surface area (Å²) in [5.41, 5.74) is 2.41.